The number of carbonyl (C=O) groups excluding carboxylic acids is 2. The summed E-state index contributed by atoms with van der Waals surface area (Å²) in [5, 5.41) is 2.73. The van der Waals surface area contributed by atoms with Gasteiger partial charge in [-0.2, -0.15) is 4.39 Å². The maximum atomic E-state index is 13.5. The number of ether oxygens (including phenoxy) is 1. The van der Waals surface area contributed by atoms with Gasteiger partial charge in [-0.05, 0) is 66.3 Å². The highest BCUT2D eigenvalue weighted by molar-refractivity contribution is 5.99. The number of hydrogen-bond acceptors (Lipinski definition) is 4. The number of rotatable bonds is 4. The molecule has 1 fully saturated rings. The molecule has 0 saturated carbocycles. The van der Waals surface area contributed by atoms with Crippen LogP contribution in [0.5, 0.6) is 5.75 Å². The summed E-state index contributed by atoms with van der Waals surface area (Å²) in [4.78, 5) is 30.4. The van der Waals surface area contributed by atoms with E-state index < -0.39 is 5.95 Å². The smallest absolute Gasteiger partial charge is 0.262 e. The van der Waals surface area contributed by atoms with Crippen molar-refractivity contribution >= 4 is 17.5 Å². The molecule has 0 aliphatic carbocycles. The molecule has 2 amide bonds. The first kappa shape index (κ1) is 22.0. The third-order valence-electron chi connectivity index (χ3n) is 6.50. The molecule has 34 heavy (non-hydrogen) atoms. The van der Waals surface area contributed by atoms with Crippen LogP contribution in [0.15, 0.2) is 60.8 Å². The van der Waals surface area contributed by atoms with E-state index in [9.17, 15) is 18.4 Å². The Morgan fingerprint density at radius 3 is 2.47 bits per heavy atom. The Labute approximate surface area is 195 Å². The standard InChI is InChI=1S/C26H23F2N3O3/c27-20-5-1-16(2-6-20)25(19-4-8-23(28)29-14-19)17-9-11-31(12-10-17)26(33)18-3-7-22-21(13-18)30-24(32)15-34-22/h1-8,13-14,17,25H,9-12,15H2,(H,30,32)/t25-/m1/s1. The van der Waals surface area contributed by atoms with Crippen LogP contribution in [0, 0.1) is 17.7 Å². The predicted molar refractivity (Wildman–Crippen MR) is 122 cm³/mol. The number of piperidine rings is 1. The van der Waals surface area contributed by atoms with Gasteiger partial charge in [0.2, 0.25) is 5.95 Å². The molecule has 1 atom stereocenters. The predicted octanol–water partition coefficient (Wildman–Crippen LogP) is 4.38. The molecule has 2 aromatic carbocycles. The summed E-state index contributed by atoms with van der Waals surface area (Å²) in [6.45, 7) is 1.07. The van der Waals surface area contributed by atoms with Gasteiger partial charge in [0.25, 0.3) is 11.8 Å². The number of halogens is 2. The number of fused-ring (bicyclic) bond motifs is 1. The Morgan fingerprint density at radius 2 is 1.76 bits per heavy atom. The van der Waals surface area contributed by atoms with Gasteiger partial charge >= 0.3 is 0 Å². The van der Waals surface area contributed by atoms with Crippen LogP contribution >= 0.6 is 0 Å². The Balaban J connectivity index is 1.33. The van der Waals surface area contributed by atoms with Gasteiger partial charge in [0.1, 0.15) is 11.6 Å². The number of pyridine rings is 1. The summed E-state index contributed by atoms with van der Waals surface area (Å²) in [6.07, 6.45) is 3.00. The van der Waals surface area contributed by atoms with Crippen LogP contribution in [0.3, 0.4) is 0 Å². The first-order chi connectivity index (χ1) is 16.5. The van der Waals surface area contributed by atoms with Crippen LogP contribution < -0.4 is 10.1 Å². The minimum Gasteiger partial charge on any atom is -0.482 e. The average molecular weight is 463 g/mol. The lowest BCUT2D eigenvalue weighted by Crippen LogP contribution is -2.40. The minimum absolute atomic E-state index is 0.0351. The first-order valence-corrected chi connectivity index (χ1v) is 11.2. The summed E-state index contributed by atoms with van der Waals surface area (Å²) in [5.74, 6) is -0.576. The molecule has 3 heterocycles. The van der Waals surface area contributed by atoms with Crippen LogP contribution in [-0.2, 0) is 4.79 Å². The molecule has 1 saturated heterocycles. The van der Waals surface area contributed by atoms with Gasteiger partial charge in [0, 0.05) is 30.8 Å². The minimum atomic E-state index is -0.548. The third-order valence-corrected chi connectivity index (χ3v) is 6.50. The normalized spacial score (nSPS) is 16.9. The number of nitrogens with one attached hydrogen (secondary N) is 1. The van der Waals surface area contributed by atoms with Crippen molar-refractivity contribution in [3.05, 3.63) is 89.2 Å². The fraction of sp³-hybridized carbons (Fsp3) is 0.269. The Bertz CT molecular complexity index is 1160. The molecular formula is C26H23F2N3O3. The molecule has 2 aliphatic rings. The zero-order valence-electron chi connectivity index (χ0n) is 18.3. The van der Waals surface area contributed by atoms with Gasteiger partial charge in [-0.1, -0.05) is 18.2 Å². The van der Waals surface area contributed by atoms with Gasteiger partial charge in [0.05, 0.1) is 5.69 Å². The van der Waals surface area contributed by atoms with E-state index >= 15 is 0 Å². The van der Waals surface area contributed by atoms with Crippen molar-refractivity contribution in [2.24, 2.45) is 5.92 Å². The number of carbonyl (C=O) groups is 2. The van der Waals surface area contributed by atoms with E-state index in [4.69, 9.17) is 4.74 Å². The first-order valence-electron chi connectivity index (χ1n) is 11.2. The summed E-state index contributed by atoms with van der Waals surface area (Å²) in [5.41, 5.74) is 2.78. The maximum absolute atomic E-state index is 13.5. The molecule has 0 unspecified atom stereocenters. The van der Waals surface area contributed by atoms with Crippen molar-refractivity contribution in [1.29, 1.82) is 0 Å². The number of benzene rings is 2. The molecule has 8 heteroatoms. The topological polar surface area (TPSA) is 71.5 Å². The van der Waals surface area contributed by atoms with E-state index in [-0.39, 0.29) is 36.1 Å². The second kappa shape index (κ2) is 9.21. The van der Waals surface area contributed by atoms with E-state index in [0.717, 1.165) is 24.0 Å². The van der Waals surface area contributed by atoms with Crippen LogP contribution in [0.4, 0.5) is 14.5 Å². The summed E-state index contributed by atoms with van der Waals surface area (Å²) < 4.78 is 32.3. The number of amides is 2. The molecule has 2 aliphatic heterocycles. The lowest BCUT2D eigenvalue weighted by atomic mass is 9.76. The highest BCUT2D eigenvalue weighted by Gasteiger charge is 2.31. The number of hydrogen-bond donors (Lipinski definition) is 1. The molecule has 3 aromatic rings. The molecule has 174 valence electrons. The monoisotopic (exact) mass is 463 g/mol. The second-order valence-corrected chi connectivity index (χ2v) is 8.62. The van der Waals surface area contributed by atoms with Crippen LogP contribution in [0.25, 0.3) is 0 Å². The number of anilines is 1. The van der Waals surface area contributed by atoms with Crippen molar-refractivity contribution in [2.75, 3.05) is 25.0 Å². The molecule has 0 radical (unpaired) electrons. The second-order valence-electron chi connectivity index (χ2n) is 8.62. The highest BCUT2D eigenvalue weighted by atomic mass is 19.1. The summed E-state index contributed by atoms with van der Waals surface area (Å²) >= 11 is 0. The fourth-order valence-electron chi connectivity index (χ4n) is 4.81. The van der Waals surface area contributed by atoms with Crippen LogP contribution in [-0.4, -0.2) is 41.4 Å². The van der Waals surface area contributed by atoms with Gasteiger partial charge < -0.3 is 15.0 Å². The van der Waals surface area contributed by atoms with Gasteiger partial charge in [-0.25, -0.2) is 9.37 Å². The molecule has 0 bridgehead atoms. The van der Waals surface area contributed by atoms with E-state index in [1.54, 1.807) is 41.3 Å². The van der Waals surface area contributed by atoms with Gasteiger partial charge in [0.15, 0.2) is 6.61 Å². The van der Waals surface area contributed by atoms with Crippen molar-refractivity contribution < 1.29 is 23.1 Å². The number of aromatic nitrogens is 1. The van der Waals surface area contributed by atoms with E-state index in [1.807, 2.05) is 0 Å². The lowest BCUT2D eigenvalue weighted by Gasteiger charge is -2.36. The quantitative estimate of drug-likeness (QED) is 0.583. The molecule has 6 nitrogen and oxygen atoms in total. The van der Waals surface area contributed by atoms with E-state index in [1.165, 1.54) is 24.4 Å². The van der Waals surface area contributed by atoms with Crippen molar-refractivity contribution in [2.45, 2.75) is 18.8 Å². The molecule has 1 N–H and O–H groups in total. The third kappa shape index (κ3) is 4.48. The fourth-order valence-corrected chi connectivity index (χ4v) is 4.81. The number of nitrogens with zero attached hydrogens (tertiary/aromatic N) is 2. The van der Waals surface area contributed by atoms with Gasteiger partial charge in [-0.3, -0.25) is 9.59 Å². The largest absolute Gasteiger partial charge is 0.482 e. The Kier molecular flexibility index (Phi) is 5.96. The zero-order chi connectivity index (χ0) is 23.7. The van der Waals surface area contributed by atoms with E-state index in [2.05, 4.69) is 10.3 Å². The SMILES string of the molecule is O=C1COc2ccc(C(=O)N3CCC([C@@H](c4ccc(F)cc4)c4ccc(F)nc4)CC3)cc2N1. The highest BCUT2D eigenvalue weighted by Crippen LogP contribution is 2.38. The Morgan fingerprint density at radius 1 is 1.03 bits per heavy atom. The van der Waals surface area contributed by atoms with Crippen molar-refractivity contribution in [1.82, 2.24) is 9.88 Å². The summed E-state index contributed by atoms with van der Waals surface area (Å²) in [6, 6.07) is 14.5. The molecular weight excluding hydrogens is 440 g/mol. The number of likely N-dealkylation sites (tertiary alicyclic amines) is 1. The lowest BCUT2D eigenvalue weighted by molar-refractivity contribution is -0.118. The van der Waals surface area contributed by atoms with Crippen molar-refractivity contribution in [3.63, 3.8) is 0 Å². The Hall–Kier alpha value is -3.81. The molecule has 1 aromatic heterocycles. The zero-order valence-corrected chi connectivity index (χ0v) is 18.3. The molecule has 0 spiro atoms. The summed E-state index contributed by atoms with van der Waals surface area (Å²) in [7, 11) is 0. The van der Waals surface area contributed by atoms with Crippen LogP contribution in [0.2, 0.25) is 0 Å². The maximum Gasteiger partial charge on any atom is 0.262 e. The van der Waals surface area contributed by atoms with Gasteiger partial charge in [-0.15, -0.1) is 0 Å². The van der Waals surface area contributed by atoms with Crippen LogP contribution in [0.1, 0.15) is 40.2 Å². The van der Waals surface area contributed by atoms with E-state index in [0.29, 0.717) is 30.1 Å². The molecule has 5 rings (SSSR count). The van der Waals surface area contributed by atoms with Crippen molar-refractivity contribution in [3.8, 4) is 5.75 Å². The average Bonchev–Trinajstić information content (AvgIpc) is 2.86.